The Morgan fingerprint density at radius 1 is 1.28 bits per heavy atom. The summed E-state index contributed by atoms with van der Waals surface area (Å²) in [7, 11) is 0. The summed E-state index contributed by atoms with van der Waals surface area (Å²) in [6.07, 6.45) is 1.74. The Morgan fingerprint density at radius 3 is 2.76 bits per heavy atom. The number of para-hydroxylation sites is 1. The van der Waals surface area contributed by atoms with Crippen LogP contribution in [0.15, 0.2) is 47.8 Å². The minimum Gasteiger partial charge on any atom is -0.324 e. The van der Waals surface area contributed by atoms with Crippen LogP contribution in [0.4, 0.5) is 11.6 Å². The molecule has 0 unspecified atom stereocenters. The summed E-state index contributed by atoms with van der Waals surface area (Å²) in [4.78, 5) is 19.7. The average molecular weight is 351 g/mol. The zero-order valence-corrected chi connectivity index (χ0v) is 14.8. The van der Waals surface area contributed by atoms with E-state index in [1.54, 1.807) is 10.8 Å². The molecule has 3 heterocycles. The first-order chi connectivity index (χ1) is 12.1. The Kier molecular flexibility index (Phi) is 3.65. The molecule has 0 amide bonds. The van der Waals surface area contributed by atoms with Crippen LogP contribution < -0.4 is 10.9 Å². The number of fused-ring (bicyclic) bond motifs is 2. The molecule has 4 aromatic rings. The van der Waals surface area contributed by atoms with Gasteiger partial charge in [-0.25, -0.2) is 14.1 Å². The van der Waals surface area contributed by atoms with Crippen LogP contribution in [-0.4, -0.2) is 19.2 Å². The molecule has 0 aliphatic carbocycles. The maximum Gasteiger partial charge on any atom is 0.271 e. The summed E-state index contributed by atoms with van der Waals surface area (Å²) >= 11 is 1.54. The number of nitrogens with one attached hydrogen (secondary N) is 1. The molecule has 0 fully saturated rings. The summed E-state index contributed by atoms with van der Waals surface area (Å²) < 4.78 is 3.22. The van der Waals surface area contributed by atoms with Gasteiger partial charge in [-0.15, -0.1) is 23.0 Å². The average Bonchev–Trinajstić information content (AvgIpc) is 3.08. The van der Waals surface area contributed by atoms with Gasteiger partial charge in [-0.3, -0.25) is 4.79 Å². The van der Waals surface area contributed by atoms with E-state index in [4.69, 9.17) is 4.98 Å². The van der Waals surface area contributed by atoms with Crippen molar-refractivity contribution in [3.05, 3.63) is 63.8 Å². The first-order valence-corrected chi connectivity index (χ1v) is 8.74. The third-order valence-electron chi connectivity index (χ3n) is 4.18. The summed E-state index contributed by atoms with van der Waals surface area (Å²) in [5.74, 6) is 0.961. The van der Waals surface area contributed by atoms with E-state index in [2.05, 4.69) is 17.0 Å². The van der Waals surface area contributed by atoms with Gasteiger partial charge in [-0.2, -0.15) is 0 Å². The lowest BCUT2D eigenvalue weighted by atomic mass is 10.2. The largest absolute Gasteiger partial charge is 0.324 e. The summed E-state index contributed by atoms with van der Waals surface area (Å²) in [5, 5.41) is 8.41. The van der Waals surface area contributed by atoms with E-state index >= 15 is 0 Å². The predicted molar refractivity (Wildman–Crippen MR) is 102 cm³/mol. The van der Waals surface area contributed by atoms with E-state index in [0.29, 0.717) is 23.7 Å². The second-order valence-corrected chi connectivity index (χ2v) is 7.00. The van der Waals surface area contributed by atoms with Crippen LogP contribution in [0.5, 0.6) is 0 Å². The van der Waals surface area contributed by atoms with E-state index in [-0.39, 0.29) is 5.56 Å². The minimum atomic E-state index is -0.101. The molecule has 0 saturated carbocycles. The zero-order valence-electron chi connectivity index (χ0n) is 14.0. The van der Waals surface area contributed by atoms with E-state index < -0.39 is 0 Å². The van der Waals surface area contributed by atoms with Gasteiger partial charge in [-0.05, 0) is 31.5 Å². The zero-order chi connectivity index (χ0) is 17.6. The van der Waals surface area contributed by atoms with Crippen LogP contribution in [0.1, 0.15) is 10.4 Å². The van der Waals surface area contributed by atoms with Crippen LogP contribution in [0.3, 0.4) is 0 Å². The molecule has 0 spiro atoms. The fraction of sp³-hybridized carbons (Fsp3) is 0.167. The van der Waals surface area contributed by atoms with Crippen molar-refractivity contribution in [1.82, 2.24) is 19.2 Å². The van der Waals surface area contributed by atoms with Gasteiger partial charge in [0.1, 0.15) is 4.83 Å². The lowest BCUT2D eigenvalue weighted by Gasteiger charge is -2.03. The van der Waals surface area contributed by atoms with Gasteiger partial charge in [0, 0.05) is 10.6 Å². The topological polar surface area (TPSA) is 64.2 Å². The van der Waals surface area contributed by atoms with Crippen molar-refractivity contribution in [2.24, 2.45) is 0 Å². The SMILES string of the molecule is C=CCn1nc(Nc2ccccc2)n2c(=O)c3c(C)c(C)sc3nc12. The number of thiophene rings is 1. The van der Waals surface area contributed by atoms with E-state index in [1.165, 1.54) is 15.7 Å². The fourth-order valence-corrected chi connectivity index (χ4v) is 3.84. The van der Waals surface area contributed by atoms with Crippen LogP contribution in [0.25, 0.3) is 16.0 Å². The highest BCUT2D eigenvalue weighted by Crippen LogP contribution is 2.27. The molecule has 25 heavy (non-hydrogen) atoms. The molecule has 1 aromatic carbocycles. The first kappa shape index (κ1) is 15.6. The molecular formula is C18H17N5OS. The number of anilines is 2. The number of aromatic nitrogens is 4. The van der Waals surface area contributed by atoms with Crippen molar-refractivity contribution in [2.75, 3.05) is 5.32 Å². The Bertz CT molecular complexity index is 1150. The maximum absolute atomic E-state index is 13.2. The van der Waals surface area contributed by atoms with Crippen molar-refractivity contribution >= 4 is 39.0 Å². The standard InChI is InChI=1S/C18H17N5OS/c1-4-10-22-18-20-15-14(11(2)12(3)25-15)16(24)23(18)17(21-22)19-13-8-6-5-7-9-13/h4-9H,1,10H2,2-3H3,(H,19,21). The number of hydrogen-bond donors (Lipinski definition) is 1. The summed E-state index contributed by atoms with van der Waals surface area (Å²) in [6, 6.07) is 9.65. The molecule has 0 saturated heterocycles. The summed E-state index contributed by atoms with van der Waals surface area (Å²) in [5.41, 5.74) is 1.74. The molecule has 0 bridgehead atoms. The van der Waals surface area contributed by atoms with Crippen molar-refractivity contribution in [2.45, 2.75) is 20.4 Å². The second-order valence-electron chi connectivity index (χ2n) is 5.80. The molecule has 3 aromatic heterocycles. The number of benzene rings is 1. The minimum absolute atomic E-state index is 0.101. The maximum atomic E-state index is 13.2. The van der Waals surface area contributed by atoms with E-state index in [9.17, 15) is 4.79 Å². The molecule has 7 heteroatoms. The van der Waals surface area contributed by atoms with Gasteiger partial charge < -0.3 is 5.32 Å². The van der Waals surface area contributed by atoms with Crippen molar-refractivity contribution in [3.63, 3.8) is 0 Å². The molecular weight excluding hydrogens is 334 g/mol. The molecule has 1 N–H and O–H groups in total. The highest BCUT2D eigenvalue weighted by molar-refractivity contribution is 7.18. The third kappa shape index (κ3) is 2.44. The lowest BCUT2D eigenvalue weighted by Crippen LogP contribution is -2.16. The highest BCUT2D eigenvalue weighted by Gasteiger charge is 2.19. The van der Waals surface area contributed by atoms with Gasteiger partial charge in [-0.1, -0.05) is 24.3 Å². The van der Waals surface area contributed by atoms with Crippen molar-refractivity contribution in [3.8, 4) is 0 Å². The van der Waals surface area contributed by atoms with Crippen LogP contribution in [-0.2, 0) is 6.54 Å². The molecule has 0 aliphatic heterocycles. The quantitative estimate of drug-likeness (QED) is 0.570. The number of allylic oxidation sites excluding steroid dienone is 1. The Morgan fingerprint density at radius 2 is 2.04 bits per heavy atom. The Labute approximate surface area is 148 Å². The molecule has 126 valence electrons. The van der Waals surface area contributed by atoms with Gasteiger partial charge in [0.25, 0.3) is 5.56 Å². The summed E-state index contributed by atoms with van der Waals surface area (Å²) in [6.45, 7) is 8.21. The smallest absolute Gasteiger partial charge is 0.271 e. The van der Waals surface area contributed by atoms with Gasteiger partial charge in [0.2, 0.25) is 11.7 Å². The fourth-order valence-electron chi connectivity index (χ4n) is 2.83. The molecule has 4 rings (SSSR count). The second kappa shape index (κ2) is 5.86. The predicted octanol–water partition coefficient (Wildman–Crippen LogP) is 3.65. The highest BCUT2D eigenvalue weighted by atomic mass is 32.1. The molecule has 0 radical (unpaired) electrons. The van der Waals surface area contributed by atoms with Crippen molar-refractivity contribution in [1.29, 1.82) is 0 Å². The molecule has 0 aliphatic rings. The first-order valence-electron chi connectivity index (χ1n) is 7.92. The van der Waals surface area contributed by atoms with Gasteiger partial charge in [0.05, 0.1) is 11.9 Å². The monoisotopic (exact) mass is 351 g/mol. The third-order valence-corrected chi connectivity index (χ3v) is 5.28. The Hall–Kier alpha value is -2.93. The van der Waals surface area contributed by atoms with Crippen LogP contribution in [0, 0.1) is 13.8 Å². The molecule has 0 atom stereocenters. The van der Waals surface area contributed by atoms with Crippen molar-refractivity contribution < 1.29 is 0 Å². The number of nitrogens with zero attached hydrogens (tertiary/aromatic N) is 4. The van der Waals surface area contributed by atoms with E-state index in [1.807, 2.05) is 44.2 Å². The number of hydrogen-bond acceptors (Lipinski definition) is 5. The van der Waals surface area contributed by atoms with Crippen LogP contribution >= 0.6 is 11.3 Å². The Balaban J connectivity index is 2.03. The van der Waals surface area contributed by atoms with Gasteiger partial charge >= 0.3 is 0 Å². The van der Waals surface area contributed by atoms with E-state index in [0.717, 1.165) is 21.0 Å². The lowest BCUT2D eigenvalue weighted by molar-refractivity contribution is 0.723. The number of rotatable bonds is 4. The molecule has 6 nitrogen and oxygen atoms in total. The normalized spacial score (nSPS) is 11.3. The van der Waals surface area contributed by atoms with Gasteiger partial charge in [0.15, 0.2) is 0 Å². The number of aryl methyl sites for hydroxylation is 2. The van der Waals surface area contributed by atoms with Crippen LogP contribution in [0.2, 0.25) is 0 Å².